The molecule has 2 aromatic rings. The van der Waals surface area contributed by atoms with Crippen LogP contribution >= 0.6 is 23.2 Å². The molecule has 0 fully saturated rings. The predicted molar refractivity (Wildman–Crippen MR) is 70.7 cm³/mol. The molecule has 0 spiro atoms. The number of carbonyl (C=O) groups excluding carboxylic acids is 1. The van der Waals surface area contributed by atoms with Crippen molar-refractivity contribution in [1.82, 2.24) is 4.57 Å². The highest BCUT2D eigenvalue weighted by atomic mass is 35.5. The second-order valence-corrected chi connectivity index (χ2v) is 4.72. The van der Waals surface area contributed by atoms with E-state index in [-0.39, 0.29) is 0 Å². The minimum Gasteiger partial charge on any atom is -0.316 e. The van der Waals surface area contributed by atoms with Gasteiger partial charge in [0.25, 0.3) is 0 Å². The Morgan fingerprint density at radius 2 is 1.88 bits per heavy atom. The molecule has 0 unspecified atom stereocenters. The molecule has 0 aliphatic rings. The minimum absolute atomic E-state index is 0.605. The topological polar surface area (TPSA) is 22.0 Å². The van der Waals surface area contributed by atoms with Crippen LogP contribution in [0.5, 0.6) is 0 Å². The second kappa shape index (κ2) is 4.55. The summed E-state index contributed by atoms with van der Waals surface area (Å²) in [4.78, 5) is 10.9. The molecule has 1 aromatic heterocycles. The summed E-state index contributed by atoms with van der Waals surface area (Å²) in [6.45, 7) is 3.81. The summed E-state index contributed by atoms with van der Waals surface area (Å²) in [5.74, 6) is 0. The molecule has 2 nitrogen and oxygen atoms in total. The Balaban J connectivity index is 2.72. The summed E-state index contributed by atoms with van der Waals surface area (Å²) >= 11 is 12.1. The standard InChI is InChI=1S/C13H11Cl2NO/c1-8-5-10(7-17)9(2)16(8)13-6-11(14)3-4-12(13)15/h3-7H,1-2H3. The lowest BCUT2D eigenvalue weighted by Crippen LogP contribution is -2.00. The molecule has 0 saturated heterocycles. The van der Waals surface area contributed by atoms with Crippen molar-refractivity contribution < 1.29 is 4.79 Å². The van der Waals surface area contributed by atoms with E-state index in [2.05, 4.69) is 0 Å². The van der Waals surface area contributed by atoms with Crippen LogP contribution in [0.2, 0.25) is 10.0 Å². The van der Waals surface area contributed by atoms with Crippen LogP contribution in [0.4, 0.5) is 0 Å². The monoisotopic (exact) mass is 267 g/mol. The molecule has 0 bridgehead atoms. The largest absolute Gasteiger partial charge is 0.316 e. The maximum absolute atomic E-state index is 10.9. The fourth-order valence-corrected chi connectivity index (χ4v) is 2.30. The van der Waals surface area contributed by atoms with Crippen LogP contribution in [0, 0.1) is 13.8 Å². The van der Waals surface area contributed by atoms with Gasteiger partial charge in [0.05, 0.1) is 10.7 Å². The van der Waals surface area contributed by atoms with Gasteiger partial charge in [0.15, 0.2) is 6.29 Å². The van der Waals surface area contributed by atoms with Gasteiger partial charge in [-0.05, 0) is 38.1 Å². The van der Waals surface area contributed by atoms with Gasteiger partial charge in [-0.2, -0.15) is 0 Å². The molecule has 0 aliphatic heterocycles. The zero-order chi connectivity index (χ0) is 12.6. The van der Waals surface area contributed by atoms with E-state index in [1.807, 2.05) is 24.5 Å². The lowest BCUT2D eigenvalue weighted by Gasteiger charge is -2.11. The molecule has 0 atom stereocenters. The van der Waals surface area contributed by atoms with Crippen LogP contribution in [0.3, 0.4) is 0 Å². The number of hydrogen-bond donors (Lipinski definition) is 0. The summed E-state index contributed by atoms with van der Waals surface area (Å²) in [6.07, 6.45) is 0.845. The number of aromatic nitrogens is 1. The lowest BCUT2D eigenvalue weighted by atomic mass is 10.2. The summed E-state index contributed by atoms with van der Waals surface area (Å²) < 4.78 is 1.93. The third kappa shape index (κ3) is 2.11. The van der Waals surface area contributed by atoms with Gasteiger partial charge in [-0.3, -0.25) is 4.79 Å². The Hall–Kier alpha value is -1.25. The third-order valence-electron chi connectivity index (χ3n) is 2.75. The van der Waals surface area contributed by atoms with E-state index in [0.717, 1.165) is 23.4 Å². The average molecular weight is 268 g/mol. The Morgan fingerprint density at radius 3 is 2.47 bits per heavy atom. The molecule has 0 amide bonds. The van der Waals surface area contributed by atoms with Crippen LogP contribution in [0.25, 0.3) is 5.69 Å². The number of benzene rings is 1. The number of rotatable bonds is 2. The Labute approximate surface area is 110 Å². The molecule has 0 radical (unpaired) electrons. The van der Waals surface area contributed by atoms with Gasteiger partial charge in [0.2, 0.25) is 0 Å². The number of nitrogens with zero attached hydrogens (tertiary/aromatic N) is 1. The van der Waals surface area contributed by atoms with Gasteiger partial charge in [0.1, 0.15) is 0 Å². The van der Waals surface area contributed by atoms with Crippen molar-refractivity contribution in [2.45, 2.75) is 13.8 Å². The van der Waals surface area contributed by atoms with E-state index >= 15 is 0 Å². The van der Waals surface area contributed by atoms with Crippen molar-refractivity contribution in [3.8, 4) is 5.69 Å². The first kappa shape index (κ1) is 12.2. The normalized spacial score (nSPS) is 10.6. The quantitative estimate of drug-likeness (QED) is 0.747. The van der Waals surface area contributed by atoms with Gasteiger partial charge >= 0.3 is 0 Å². The van der Waals surface area contributed by atoms with E-state index in [1.165, 1.54) is 0 Å². The Bertz CT molecular complexity index is 587. The predicted octanol–water partition coefficient (Wildman–Crippen LogP) is 4.21. The fourth-order valence-electron chi connectivity index (χ4n) is 1.93. The van der Waals surface area contributed by atoms with E-state index in [1.54, 1.807) is 18.2 Å². The maximum atomic E-state index is 10.9. The highest BCUT2D eigenvalue weighted by Gasteiger charge is 2.12. The fraction of sp³-hybridized carbons (Fsp3) is 0.154. The van der Waals surface area contributed by atoms with Gasteiger partial charge in [-0.15, -0.1) is 0 Å². The zero-order valence-corrected chi connectivity index (χ0v) is 11.0. The first-order valence-electron chi connectivity index (χ1n) is 5.14. The maximum Gasteiger partial charge on any atom is 0.151 e. The molecular formula is C13H11Cl2NO. The van der Waals surface area contributed by atoms with Crippen LogP contribution in [0.1, 0.15) is 21.7 Å². The van der Waals surface area contributed by atoms with Crippen molar-refractivity contribution in [1.29, 1.82) is 0 Å². The molecule has 1 heterocycles. The number of hydrogen-bond acceptors (Lipinski definition) is 1. The first-order valence-corrected chi connectivity index (χ1v) is 5.89. The average Bonchev–Trinajstić information content (AvgIpc) is 2.58. The Kier molecular flexibility index (Phi) is 3.27. The first-order chi connectivity index (χ1) is 8.04. The summed E-state index contributed by atoms with van der Waals surface area (Å²) in [5.41, 5.74) is 3.27. The smallest absolute Gasteiger partial charge is 0.151 e. The molecule has 0 N–H and O–H groups in total. The van der Waals surface area contributed by atoms with Crippen molar-refractivity contribution in [2.75, 3.05) is 0 Å². The van der Waals surface area contributed by atoms with Gasteiger partial charge < -0.3 is 4.57 Å². The van der Waals surface area contributed by atoms with Gasteiger partial charge in [-0.1, -0.05) is 23.2 Å². The molecule has 0 aliphatic carbocycles. The van der Waals surface area contributed by atoms with Gasteiger partial charge in [0, 0.05) is 22.0 Å². The van der Waals surface area contributed by atoms with Gasteiger partial charge in [-0.25, -0.2) is 0 Å². The van der Waals surface area contributed by atoms with Crippen LogP contribution < -0.4 is 0 Å². The second-order valence-electron chi connectivity index (χ2n) is 3.88. The Morgan fingerprint density at radius 1 is 1.18 bits per heavy atom. The number of halogens is 2. The van der Waals surface area contributed by atoms with E-state index in [9.17, 15) is 4.79 Å². The van der Waals surface area contributed by atoms with Crippen LogP contribution in [-0.2, 0) is 0 Å². The molecule has 17 heavy (non-hydrogen) atoms. The van der Waals surface area contributed by atoms with Crippen LogP contribution in [0.15, 0.2) is 24.3 Å². The van der Waals surface area contributed by atoms with Crippen molar-refractivity contribution in [2.24, 2.45) is 0 Å². The third-order valence-corrected chi connectivity index (χ3v) is 3.30. The van der Waals surface area contributed by atoms with Crippen molar-refractivity contribution in [3.63, 3.8) is 0 Å². The number of carbonyl (C=O) groups is 1. The highest BCUT2D eigenvalue weighted by Crippen LogP contribution is 2.28. The molecule has 4 heteroatoms. The molecule has 2 rings (SSSR count). The molecule has 1 aromatic carbocycles. The highest BCUT2D eigenvalue weighted by molar-refractivity contribution is 6.34. The minimum atomic E-state index is 0.605. The van der Waals surface area contributed by atoms with Crippen LogP contribution in [-0.4, -0.2) is 10.9 Å². The van der Waals surface area contributed by atoms with E-state index < -0.39 is 0 Å². The summed E-state index contributed by atoms with van der Waals surface area (Å²) in [5, 5.41) is 1.22. The van der Waals surface area contributed by atoms with Crippen molar-refractivity contribution in [3.05, 3.63) is 51.3 Å². The van der Waals surface area contributed by atoms with Crippen molar-refractivity contribution >= 4 is 29.5 Å². The molecular weight excluding hydrogens is 257 g/mol. The SMILES string of the molecule is Cc1cc(C=O)c(C)n1-c1cc(Cl)ccc1Cl. The summed E-state index contributed by atoms with van der Waals surface area (Å²) in [7, 11) is 0. The molecule has 0 saturated carbocycles. The lowest BCUT2D eigenvalue weighted by molar-refractivity contribution is 0.112. The number of aldehydes is 1. The van der Waals surface area contributed by atoms with E-state index in [0.29, 0.717) is 15.6 Å². The van der Waals surface area contributed by atoms with E-state index in [4.69, 9.17) is 23.2 Å². The zero-order valence-electron chi connectivity index (χ0n) is 9.50. The molecule has 88 valence electrons. The summed E-state index contributed by atoms with van der Waals surface area (Å²) in [6, 6.07) is 7.11. The number of aryl methyl sites for hydroxylation is 1.